The Labute approximate surface area is 144 Å². The number of amides is 2. The molecule has 1 atom stereocenters. The first kappa shape index (κ1) is 17.6. The van der Waals surface area contributed by atoms with Crippen molar-refractivity contribution in [3.63, 3.8) is 0 Å². The molecule has 2 saturated heterocycles. The van der Waals surface area contributed by atoms with Gasteiger partial charge in [-0.05, 0) is 25.7 Å². The first-order chi connectivity index (χ1) is 11.6. The lowest BCUT2D eigenvalue weighted by molar-refractivity contribution is -0.136. The maximum atomic E-state index is 12.3. The molecule has 2 aliphatic heterocycles. The molecule has 7 heteroatoms. The van der Waals surface area contributed by atoms with E-state index in [0.29, 0.717) is 18.7 Å². The molecule has 3 aliphatic rings. The molecular formula is C17H30N4O3. The van der Waals surface area contributed by atoms with E-state index in [1.54, 1.807) is 7.05 Å². The van der Waals surface area contributed by atoms with Crippen molar-refractivity contribution in [1.29, 1.82) is 0 Å². The highest BCUT2D eigenvalue weighted by Gasteiger charge is 2.26. The van der Waals surface area contributed by atoms with Crippen LogP contribution in [0.3, 0.4) is 0 Å². The SMILES string of the molecule is CN(CC(=O)NC1CC1)C(=O)CN1CCN(C[C@@H]2CCCO2)CC1. The van der Waals surface area contributed by atoms with Gasteiger partial charge in [0, 0.05) is 52.4 Å². The zero-order valence-corrected chi connectivity index (χ0v) is 14.7. The number of ether oxygens (including phenoxy) is 1. The molecule has 3 fully saturated rings. The second-order valence-electron chi connectivity index (χ2n) is 7.30. The third kappa shape index (κ3) is 5.43. The summed E-state index contributed by atoms with van der Waals surface area (Å²) in [6.07, 6.45) is 4.89. The maximum absolute atomic E-state index is 12.3. The minimum atomic E-state index is -0.0465. The highest BCUT2D eigenvalue weighted by Crippen LogP contribution is 2.18. The number of carbonyl (C=O) groups is 2. The predicted molar refractivity (Wildman–Crippen MR) is 90.7 cm³/mol. The Bertz CT molecular complexity index is 441. The summed E-state index contributed by atoms with van der Waals surface area (Å²) in [5.41, 5.74) is 0. The molecule has 1 saturated carbocycles. The van der Waals surface area contributed by atoms with Crippen molar-refractivity contribution in [3.05, 3.63) is 0 Å². The van der Waals surface area contributed by atoms with E-state index in [-0.39, 0.29) is 18.4 Å². The van der Waals surface area contributed by atoms with Crippen LogP contribution >= 0.6 is 0 Å². The Balaban J connectivity index is 1.32. The van der Waals surface area contributed by atoms with Gasteiger partial charge in [-0.15, -0.1) is 0 Å². The monoisotopic (exact) mass is 338 g/mol. The quantitative estimate of drug-likeness (QED) is 0.679. The number of hydrogen-bond acceptors (Lipinski definition) is 5. The van der Waals surface area contributed by atoms with E-state index in [0.717, 1.165) is 52.2 Å². The molecule has 7 nitrogen and oxygen atoms in total. The van der Waals surface area contributed by atoms with E-state index in [9.17, 15) is 9.59 Å². The average Bonchev–Trinajstić information content (AvgIpc) is 3.21. The Morgan fingerprint density at radius 1 is 1.12 bits per heavy atom. The Morgan fingerprint density at radius 2 is 1.83 bits per heavy atom. The standard InChI is InChI=1S/C17H30N4O3/c1-19(12-16(22)18-14-4-5-14)17(23)13-21-8-6-20(7-9-21)11-15-3-2-10-24-15/h14-15H,2-13H2,1H3,(H,18,22)/t15-/m0/s1. The number of piperazine rings is 1. The largest absolute Gasteiger partial charge is 0.377 e. The molecule has 0 radical (unpaired) electrons. The van der Waals surface area contributed by atoms with Crippen LogP contribution in [0.25, 0.3) is 0 Å². The lowest BCUT2D eigenvalue weighted by Gasteiger charge is -2.35. The van der Waals surface area contributed by atoms with Crippen LogP contribution in [0.5, 0.6) is 0 Å². The third-order valence-corrected chi connectivity index (χ3v) is 5.06. The molecule has 0 aromatic rings. The second-order valence-corrected chi connectivity index (χ2v) is 7.30. The molecule has 1 N–H and O–H groups in total. The molecule has 0 aromatic heterocycles. The van der Waals surface area contributed by atoms with Crippen molar-refractivity contribution in [2.45, 2.75) is 37.8 Å². The number of carbonyl (C=O) groups excluding carboxylic acids is 2. The van der Waals surface area contributed by atoms with Gasteiger partial charge in [-0.2, -0.15) is 0 Å². The van der Waals surface area contributed by atoms with E-state index in [1.165, 1.54) is 17.7 Å². The molecule has 2 heterocycles. The number of nitrogens with zero attached hydrogens (tertiary/aromatic N) is 3. The second kappa shape index (κ2) is 8.27. The van der Waals surface area contributed by atoms with Gasteiger partial charge < -0.3 is 15.0 Å². The molecule has 24 heavy (non-hydrogen) atoms. The van der Waals surface area contributed by atoms with Gasteiger partial charge in [-0.3, -0.25) is 19.4 Å². The van der Waals surface area contributed by atoms with E-state index in [2.05, 4.69) is 15.1 Å². The maximum Gasteiger partial charge on any atom is 0.239 e. The molecule has 0 aromatic carbocycles. The summed E-state index contributed by atoms with van der Waals surface area (Å²) in [4.78, 5) is 30.2. The van der Waals surface area contributed by atoms with Crippen molar-refractivity contribution >= 4 is 11.8 Å². The average molecular weight is 338 g/mol. The van der Waals surface area contributed by atoms with E-state index in [1.807, 2.05) is 0 Å². The number of hydrogen-bond donors (Lipinski definition) is 1. The zero-order valence-electron chi connectivity index (χ0n) is 14.7. The van der Waals surface area contributed by atoms with Crippen LogP contribution in [0.15, 0.2) is 0 Å². The van der Waals surface area contributed by atoms with Gasteiger partial charge in [0.2, 0.25) is 11.8 Å². The lowest BCUT2D eigenvalue weighted by Crippen LogP contribution is -2.51. The summed E-state index contributed by atoms with van der Waals surface area (Å²) < 4.78 is 5.69. The Hall–Kier alpha value is -1.18. The predicted octanol–water partition coefficient (Wildman–Crippen LogP) is -0.480. The number of rotatable bonds is 7. The smallest absolute Gasteiger partial charge is 0.239 e. The first-order valence-electron chi connectivity index (χ1n) is 9.20. The Kier molecular flexibility index (Phi) is 6.08. The number of nitrogens with one attached hydrogen (secondary N) is 1. The Morgan fingerprint density at radius 3 is 2.46 bits per heavy atom. The van der Waals surface area contributed by atoms with Crippen LogP contribution in [0, 0.1) is 0 Å². The van der Waals surface area contributed by atoms with Gasteiger partial charge >= 0.3 is 0 Å². The van der Waals surface area contributed by atoms with Gasteiger partial charge in [-0.25, -0.2) is 0 Å². The van der Waals surface area contributed by atoms with Gasteiger partial charge in [0.15, 0.2) is 0 Å². The van der Waals surface area contributed by atoms with Gasteiger partial charge in [0.1, 0.15) is 0 Å². The first-order valence-corrected chi connectivity index (χ1v) is 9.20. The van der Waals surface area contributed by atoms with Crippen LogP contribution in [-0.4, -0.2) is 98.1 Å². The van der Waals surface area contributed by atoms with Crippen LogP contribution in [0.4, 0.5) is 0 Å². The summed E-state index contributed by atoms with van der Waals surface area (Å²) >= 11 is 0. The van der Waals surface area contributed by atoms with E-state index in [4.69, 9.17) is 4.74 Å². The molecule has 0 unspecified atom stereocenters. The van der Waals surface area contributed by atoms with Crippen LogP contribution in [-0.2, 0) is 14.3 Å². The van der Waals surface area contributed by atoms with Crippen molar-refractivity contribution in [2.75, 3.05) is 59.5 Å². The molecule has 1 aliphatic carbocycles. The minimum absolute atomic E-state index is 0.0218. The third-order valence-electron chi connectivity index (χ3n) is 5.06. The molecule has 136 valence electrons. The molecule has 3 rings (SSSR count). The van der Waals surface area contributed by atoms with Gasteiger partial charge in [0.05, 0.1) is 19.2 Å². The van der Waals surface area contributed by atoms with Crippen molar-refractivity contribution in [2.24, 2.45) is 0 Å². The summed E-state index contributed by atoms with van der Waals surface area (Å²) in [7, 11) is 1.71. The van der Waals surface area contributed by atoms with Gasteiger partial charge in [-0.1, -0.05) is 0 Å². The van der Waals surface area contributed by atoms with Crippen LogP contribution in [0.1, 0.15) is 25.7 Å². The van der Waals surface area contributed by atoms with Gasteiger partial charge in [0.25, 0.3) is 0 Å². The van der Waals surface area contributed by atoms with Crippen molar-refractivity contribution < 1.29 is 14.3 Å². The normalized spacial score (nSPS) is 25.6. The van der Waals surface area contributed by atoms with Crippen LogP contribution in [0.2, 0.25) is 0 Å². The number of likely N-dealkylation sites (N-methyl/N-ethyl adjacent to an activating group) is 1. The summed E-state index contributed by atoms with van der Waals surface area (Å²) in [5, 5.41) is 2.92. The fraction of sp³-hybridized carbons (Fsp3) is 0.882. The topological polar surface area (TPSA) is 65.1 Å². The van der Waals surface area contributed by atoms with Crippen molar-refractivity contribution in [3.8, 4) is 0 Å². The molecular weight excluding hydrogens is 308 g/mol. The summed E-state index contributed by atoms with van der Waals surface area (Å²) in [6, 6.07) is 0.345. The van der Waals surface area contributed by atoms with E-state index < -0.39 is 0 Å². The fourth-order valence-electron chi connectivity index (χ4n) is 3.32. The lowest BCUT2D eigenvalue weighted by atomic mass is 10.2. The van der Waals surface area contributed by atoms with Crippen LogP contribution < -0.4 is 5.32 Å². The minimum Gasteiger partial charge on any atom is -0.377 e. The molecule has 2 amide bonds. The zero-order chi connectivity index (χ0) is 16.9. The summed E-state index contributed by atoms with van der Waals surface area (Å²) in [6.45, 7) is 6.26. The highest BCUT2D eigenvalue weighted by molar-refractivity contribution is 5.85. The van der Waals surface area contributed by atoms with Crippen molar-refractivity contribution in [1.82, 2.24) is 20.0 Å². The van der Waals surface area contributed by atoms with E-state index >= 15 is 0 Å². The fourth-order valence-corrected chi connectivity index (χ4v) is 3.32. The molecule has 0 spiro atoms. The molecule has 0 bridgehead atoms. The summed E-state index contributed by atoms with van der Waals surface area (Å²) in [5.74, 6) is -0.0248. The highest BCUT2D eigenvalue weighted by atomic mass is 16.5.